The number of sulfone groups is 1. The van der Waals surface area contributed by atoms with Crippen LogP contribution in [-0.2, 0) is 19.4 Å². The van der Waals surface area contributed by atoms with E-state index in [2.05, 4.69) is 10.1 Å². The Labute approximate surface area is 168 Å². The predicted molar refractivity (Wildman–Crippen MR) is 105 cm³/mol. The SMILES string of the molecule is COC(=O)c1ccc(NC(=O)CCS(=O)(=O)c2ccc3c(c2)OCCO3)c(C)c1. The van der Waals surface area contributed by atoms with Gasteiger partial charge in [-0.05, 0) is 42.8 Å². The van der Waals surface area contributed by atoms with Crippen LogP contribution in [0.1, 0.15) is 22.3 Å². The van der Waals surface area contributed by atoms with Crippen molar-refractivity contribution in [3.8, 4) is 11.5 Å². The van der Waals surface area contributed by atoms with Crippen LogP contribution in [-0.4, -0.2) is 46.4 Å². The average molecular weight is 419 g/mol. The minimum absolute atomic E-state index is 0.0770. The summed E-state index contributed by atoms with van der Waals surface area (Å²) in [5.74, 6) is -0.393. The fourth-order valence-corrected chi connectivity index (χ4v) is 4.08. The molecular weight excluding hydrogens is 398 g/mol. The lowest BCUT2D eigenvalue weighted by Gasteiger charge is -2.18. The topological polar surface area (TPSA) is 108 Å². The molecule has 0 fully saturated rings. The van der Waals surface area contributed by atoms with E-state index in [4.69, 9.17) is 9.47 Å². The van der Waals surface area contributed by atoms with Gasteiger partial charge in [-0.1, -0.05) is 0 Å². The average Bonchev–Trinajstić information content (AvgIpc) is 2.72. The maximum atomic E-state index is 12.6. The summed E-state index contributed by atoms with van der Waals surface area (Å²) in [6, 6.07) is 9.10. The number of carbonyl (C=O) groups excluding carboxylic acids is 2. The second-order valence-corrected chi connectivity index (χ2v) is 8.55. The first-order chi connectivity index (χ1) is 13.8. The maximum Gasteiger partial charge on any atom is 0.337 e. The lowest BCUT2D eigenvalue weighted by Crippen LogP contribution is -2.19. The molecule has 1 aliphatic rings. The molecule has 0 unspecified atom stereocenters. The molecule has 1 amide bonds. The second-order valence-electron chi connectivity index (χ2n) is 6.44. The monoisotopic (exact) mass is 419 g/mol. The number of anilines is 1. The van der Waals surface area contributed by atoms with E-state index in [0.29, 0.717) is 41.5 Å². The molecule has 0 atom stereocenters. The van der Waals surface area contributed by atoms with Crippen LogP contribution in [0.2, 0.25) is 0 Å². The Morgan fingerprint density at radius 3 is 2.48 bits per heavy atom. The second kappa shape index (κ2) is 8.52. The molecule has 0 saturated carbocycles. The lowest BCUT2D eigenvalue weighted by molar-refractivity contribution is -0.115. The minimum atomic E-state index is -3.67. The first-order valence-corrected chi connectivity index (χ1v) is 10.6. The largest absolute Gasteiger partial charge is 0.486 e. The van der Waals surface area contributed by atoms with Crippen molar-refractivity contribution in [2.75, 3.05) is 31.4 Å². The van der Waals surface area contributed by atoms with Gasteiger partial charge in [0, 0.05) is 18.2 Å². The van der Waals surface area contributed by atoms with Crippen LogP contribution < -0.4 is 14.8 Å². The van der Waals surface area contributed by atoms with E-state index >= 15 is 0 Å². The van der Waals surface area contributed by atoms with Crippen LogP contribution in [0.4, 0.5) is 5.69 Å². The highest BCUT2D eigenvalue weighted by Gasteiger charge is 2.21. The van der Waals surface area contributed by atoms with Gasteiger partial charge >= 0.3 is 5.97 Å². The normalized spacial score (nSPS) is 12.9. The summed E-state index contributed by atoms with van der Waals surface area (Å²) in [6.45, 7) is 2.50. The molecule has 1 aliphatic heterocycles. The van der Waals surface area contributed by atoms with Gasteiger partial charge < -0.3 is 19.5 Å². The Balaban J connectivity index is 1.63. The summed E-state index contributed by atoms with van der Waals surface area (Å²) in [5, 5.41) is 2.67. The highest BCUT2D eigenvalue weighted by molar-refractivity contribution is 7.91. The number of benzene rings is 2. The Bertz CT molecular complexity index is 1050. The molecule has 0 radical (unpaired) electrons. The van der Waals surface area contributed by atoms with Gasteiger partial charge in [0.2, 0.25) is 5.91 Å². The number of carbonyl (C=O) groups is 2. The Morgan fingerprint density at radius 2 is 1.79 bits per heavy atom. The number of nitrogens with one attached hydrogen (secondary N) is 1. The zero-order chi connectivity index (χ0) is 21.0. The fraction of sp³-hybridized carbons (Fsp3) is 0.300. The van der Waals surface area contributed by atoms with Crippen molar-refractivity contribution in [2.24, 2.45) is 0 Å². The number of esters is 1. The van der Waals surface area contributed by atoms with Crippen molar-refractivity contribution in [3.63, 3.8) is 0 Å². The van der Waals surface area contributed by atoms with Crippen molar-refractivity contribution < 1.29 is 32.2 Å². The zero-order valence-electron chi connectivity index (χ0n) is 16.1. The molecule has 8 nitrogen and oxygen atoms in total. The van der Waals surface area contributed by atoms with Crippen LogP contribution in [0.15, 0.2) is 41.3 Å². The minimum Gasteiger partial charge on any atom is -0.486 e. The van der Waals surface area contributed by atoms with E-state index in [1.807, 2.05) is 0 Å². The molecule has 2 aromatic carbocycles. The van der Waals surface area contributed by atoms with Gasteiger partial charge in [0.15, 0.2) is 21.3 Å². The smallest absolute Gasteiger partial charge is 0.337 e. The number of hydrogen-bond acceptors (Lipinski definition) is 7. The number of amides is 1. The number of ether oxygens (including phenoxy) is 3. The summed E-state index contributed by atoms with van der Waals surface area (Å²) < 4.78 is 40.6. The van der Waals surface area contributed by atoms with Crippen LogP contribution in [0.3, 0.4) is 0 Å². The first kappa shape index (κ1) is 20.7. The molecule has 1 heterocycles. The molecule has 0 aliphatic carbocycles. The third-order valence-electron chi connectivity index (χ3n) is 4.39. The summed E-state index contributed by atoms with van der Waals surface area (Å²) in [5.41, 5.74) is 1.53. The fourth-order valence-electron chi connectivity index (χ4n) is 2.82. The number of methoxy groups -OCH3 is 1. The molecule has 2 aromatic rings. The molecule has 0 aromatic heterocycles. The molecule has 0 spiro atoms. The lowest BCUT2D eigenvalue weighted by atomic mass is 10.1. The summed E-state index contributed by atoms with van der Waals surface area (Å²) in [7, 11) is -2.38. The third-order valence-corrected chi connectivity index (χ3v) is 6.11. The summed E-state index contributed by atoms with van der Waals surface area (Å²) in [4.78, 5) is 23.9. The van der Waals surface area contributed by atoms with Crippen molar-refractivity contribution in [1.29, 1.82) is 0 Å². The van der Waals surface area contributed by atoms with E-state index in [0.717, 1.165) is 0 Å². The van der Waals surface area contributed by atoms with E-state index in [-0.39, 0.29) is 17.1 Å². The van der Waals surface area contributed by atoms with Crippen LogP contribution in [0, 0.1) is 6.92 Å². The molecule has 0 bridgehead atoms. The third kappa shape index (κ3) is 4.86. The van der Waals surface area contributed by atoms with Gasteiger partial charge in [-0.3, -0.25) is 4.79 Å². The van der Waals surface area contributed by atoms with Crippen molar-refractivity contribution in [2.45, 2.75) is 18.2 Å². The molecular formula is C20H21NO7S. The van der Waals surface area contributed by atoms with Gasteiger partial charge in [-0.15, -0.1) is 0 Å². The summed E-state index contributed by atoms with van der Waals surface area (Å²) >= 11 is 0. The Kier molecular flexibility index (Phi) is 6.07. The Hall–Kier alpha value is -3.07. The Morgan fingerprint density at radius 1 is 1.07 bits per heavy atom. The van der Waals surface area contributed by atoms with Crippen molar-refractivity contribution in [1.82, 2.24) is 0 Å². The van der Waals surface area contributed by atoms with Gasteiger partial charge in [-0.2, -0.15) is 0 Å². The first-order valence-electron chi connectivity index (χ1n) is 8.91. The molecule has 9 heteroatoms. The number of rotatable bonds is 6. The summed E-state index contributed by atoms with van der Waals surface area (Å²) in [6.07, 6.45) is -0.213. The predicted octanol–water partition coefficient (Wildman–Crippen LogP) is 2.36. The quantitative estimate of drug-likeness (QED) is 0.716. The molecule has 154 valence electrons. The van der Waals surface area contributed by atoms with Crippen molar-refractivity contribution >= 4 is 27.4 Å². The maximum absolute atomic E-state index is 12.6. The number of fused-ring (bicyclic) bond motifs is 1. The van der Waals surface area contributed by atoms with Gasteiger partial charge in [-0.25, -0.2) is 13.2 Å². The number of aryl methyl sites for hydroxylation is 1. The van der Waals surface area contributed by atoms with Crippen LogP contribution in [0.5, 0.6) is 11.5 Å². The highest BCUT2D eigenvalue weighted by atomic mass is 32.2. The van der Waals surface area contributed by atoms with E-state index in [1.54, 1.807) is 25.1 Å². The zero-order valence-corrected chi connectivity index (χ0v) is 16.9. The van der Waals surface area contributed by atoms with Crippen LogP contribution in [0.25, 0.3) is 0 Å². The van der Waals surface area contributed by atoms with E-state index in [9.17, 15) is 18.0 Å². The van der Waals surface area contributed by atoms with E-state index < -0.39 is 21.7 Å². The molecule has 29 heavy (non-hydrogen) atoms. The highest BCUT2D eigenvalue weighted by Crippen LogP contribution is 2.32. The van der Waals surface area contributed by atoms with Gasteiger partial charge in [0.25, 0.3) is 0 Å². The molecule has 1 N–H and O–H groups in total. The van der Waals surface area contributed by atoms with Gasteiger partial charge in [0.1, 0.15) is 13.2 Å². The van der Waals surface area contributed by atoms with E-state index in [1.165, 1.54) is 25.3 Å². The van der Waals surface area contributed by atoms with Gasteiger partial charge in [0.05, 0.1) is 23.3 Å². The molecule has 3 rings (SSSR count). The number of hydrogen-bond donors (Lipinski definition) is 1. The van der Waals surface area contributed by atoms with Crippen LogP contribution >= 0.6 is 0 Å². The van der Waals surface area contributed by atoms with Crippen molar-refractivity contribution in [3.05, 3.63) is 47.5 Å². The standard InChI is InChI=1S/C20H21NO7S/c1-13-11-14(20(23)26-2)3-5-16(13)21-19(22)7-10-29(24,25)15-4-6-17-18(12-15)28-9-8-27-17/h3-6,11-12H,7-10H2,1-2H3,(H,21,22). The molecule has 0 saturated heterocycles.